The van der Waals surface area contributed by atoms with E-state index in [1.165, 1.54) is 0 Å². The van der Waals surface area contributed by atoms with Crippen molar-refractivity contribution in [3.63, 3.8) is 0 Å². The Hall–Kier alpha value is -2.67. The third kappa shape index (κ3) is 5.42. The number of nitrogens with one attached hydrogen (secondary N) is 2. The smallest absolute Gasteiger partial charge is 0.319 e. The predicted octanol–water partition coefficient (Wildman–Crippen LogP) is 4.26. The molecule has 2 amide bonds. The molecule has 1 fully saturated rings. The Morgan fingerprint density at radius 1 is 1.11 bits per heavy atom. The summed E-state index contributed by atoms with van der Waals surface area (Å²) in [5.74, 6) is 1.78. The molecular weight excluding hydrogens is 382 g/mol. The normalized spacial score (nSPS) is 18.8. The van der Waals surface area contributed by atoms with Gasteiger partial charge in [-0.1, -0.05) is 11.6 Å². The number of rotatable bonds is 6. The van der Waals surface area contributed by atoms with Crippen LogP contribution in [-0.2, 0) is 0 Å². The summed E-state index contributed by atoms with van der Waals surface area (Å²) in [6, 6.07) is 8.61. The topological polar surface area (TPSA) is 81.7 Å². The zero-order valence-electron chi connectivity index (χ0n) is 15.9. The van der Waals surface area contributed by atoms with Crippen molar-refractivity contribution in [1.82, 2.24) is 10.3 Å². The minimum absolute atomic E-state index is 0.0940. The number of aromatic nitrogens is 1. The van der Waals surface area contributed by atoms with Crippen molar-refractivity contribution in [2.45, 2.75) is 37.8 Å². The first-order chi connectivity index (χ1) is 13.6. The van der Waals surface area contributed by atoms with Crippen LogP contribution >= 0.6 is 11.6 Å². The highest BCUT2D eigenvalue weighted by molar-refractivity contribution is 6.30. The van der Waals surface area contributed by atoms with Crippen molar-refractivity contribution in [3.8, 4) is 17.4 Å². The van der Waals surface area contributed by atoms with Crippen LogP contribution in [0.4, 0.5) is 10.5 Å². The minimum Gasteiger partial charge on any atom is -0.497 e. The zero-order valence-corrected chi connectivity index (χ0v) is 16.7. The van der Waals surface area contributed by atoms with Crippen molar-refractivity contribution in [1.29, 1.82) is 0 Å². The van der Waals surface area contributed by atoms with Gasteiger partial charge in [0, 0.05) is 24.4 Å². The standard InChI is InChI=1S/C20H24ClN3O4/c1-26-16-8-9-17(18(11-16)27-2)24-20(25)23-14-4-6-15(7-5-14)28-19-10-3-13(21)12-22-19/h3,8-12,14-15H,4-7H2,1-2H3,(H2,23,24,25). The van der Waals surface area contributed by atoms with Crippen molar-refractivity contribution in [3.05, 3.63) is 41.6 Å². The average Bonchev–Trinajstić information content (AvgIpc) is 2.71. The fourth-order valence-electron chi connectivity index (χ4n) is 3.17. The van der Waals surface area contributed by atoms with E-state index in [9.17, 15) is 4.79 Å². The molecule has 0 spiro atoms. The fourth-order valence-corrected chi connectivity index (χ4v) is 3.29. The first-order valence-corrected chi connectivity index (χ1v) is 9.53. The first-order valence-electron chi connectivity index (χ1n) is 9.15. The Morgan fingerprint density at radius 3 is 2.54 bits per heavy atom. The number of carbonyl (C=O) groups is 1. The number of pyridine rings is 1. The predicted molar refractivity (Wildman–Crippen MR) is 108 cm³/mol. The SMILES string of the molecule is COc1ccc(NC(=O)NC2CCC(Oc3ccc(Cl)cn3)CC2)c(OC)c1. The number of methoxy groups -OCH3 is 2. The molecule has 1 aromatic carbocycles. The number of benzene rings is 1. The molecule has 0 aliphatic heterocycles. The second kappa shape index (κ2) is 9.50. The van der Waals surface area contributed by atoms with Gasteiger partial charge in [0.1, 0.15) is 17.6 Å². The third-order valence-corrected chi connectivity index (χ3v) is 4.88. The molecule has 0 radical (unpaired) electrons. The molecular formula is C20H24ClN3O4. The maximum absolute atomic E-state index is 12.3. The summed E-state index contributed by atoms with van der Waals surface area (Å²) in [7, 11) is 3.13. The third-order valence-electron chi connectivity index (χ3n) is 4.65. The van der Waals surface area contributed by atoms with Gasteiger partial charge in [0.2, 0.25) is 5.88 Å². The molecule has 0 saturated heterocycles. The number of carbonyl (C=O) groups excluding carboxylic acids is 1. The highest BCUT2D eigenvalue weighted by Gasteiger charge is 2.24. The van der Waals surface area contributed by atoms with Gasteiger partial charge < -0.3 is 24.8 Å². The Labute approximate surface area is 169 Å². The van der Waals surface area contributed by atoms with Gasteiger partial charge >= 0.3 is 6.03 Å². The van der Waals surface area contributed by atoms with Crippen LogP contribution in [0, 0.1) is 0 Å². The monoisotopic (exact) mass is 405 g/mol. The molecule has 28 heavy (non-hydrogen) atoms. The summed E-state index contributed by atoms with van der Waals surface area (Å²) in [6.07, 6.45) is 5.04. The lowest BCUT2D eigenvalue weighted by atomic mass is 9.93. The molecule has 1 aromatic heterocycles. The lowest BCUT2D eigenvalue weighted by molar-refractivity contribution is 0.135. The van der Waals surface area contributed by atoms with Crippen LogP contribution in [0.15, 0.2) is 36.5 Å². The molecule has 1 aliphatic rings. The minimum atomic E-state index is -0.257. The van der Waals surface area contributed by atoms with Crippen LogP contribution < -0.4 is 24.8 Å². The Morgan fingerprint density at radius 2 is 1.89 bits per heavy atom. The van der Waals surface area contributed by atoms with Crippen LogP contribution in [0.25, 0.3) is 0 Å². The molecule has 3 rings (SSSR count). The van der Waals surface area contributed by atoms with Crippen molar-refractivity contribution >= 4 is 23.3 Å². The highest BCUT2D eigenvalue weighted by Crippen LogP contribution is 2.29. The molecule has 0 bridgehead atoms. The van der Waals surface area contributed by atoms with Gasteiger partial charge in [0.25, 0.3) is 0 Å². The first kappa shape index (κ1) is 20.1. The van der Waals surface area contributed by atoms with Gasteiger partial charge in [-0.05, 0) is 43.9 Å². The van der Waals surface area contributed by atoms with Gasteiger partial charge in [-0.25, -0.2) is 9.78 Å². The second-order valence-corrected chi connectivity index (χ2v) is 7.01. The molecule has 0 atom stereocenters. The molecule has 1 heterocycles. The Kier molecular flexibility index (Phi) is 6.81. The molecule has 2 aromatic rings. The van der Waals surface area contributed by atoms with Crippen LogP contribution in [-0.4, -0.2) is 37.4 Å². The average molecular weight is 406 g/mol. The maximum Gasteiger partial charge on any atom is 0.319 e. The van der Waals surface area contributed by atoms with Crippen molar-refractivity contribution in [2.75, 3.05) is 19.5 Å². The van der Waals surface area contributed by atoms with E-state index in [2.05, 4.69) is 15.6 Å². The molecule has 150 valence electrons. The van der Waals surface area contributed by atoms with E-state index in [0.29, 0.717) is 28.1 Å². The number of halogens is 1. The molecule has 8 heteroatoms. The van der Waals surface area contributed by atoms with Crippen LogP contribution in [0.1, 0.15) is 25.7 Å². The molecule has 2 N–H and O–H groups in total. The number of amides is 2. The van der Waals surface area contributed by atoms with Crippen LogP contribution in [0.3, 0.4) is 0 Å². The van der Waals surface area contributed by atoms with E-state index >= 15 is 0 Å². The summed E-state index contributed by atoms with van der Waals surface area (Å²) in [5.41, 5.74) is 0.589. The van der Waals surface area contributed by atoms with Crippen molar-refractivity contribution in [2.24, 2.45) is 0 Å². The quantitative estimate of drug-likeness (QED) is 0.750. The lowest BCUT2D eigenvalue weighted by Crippen LogP contribution is -2.41. The van der Waals surface area contributed by atoms with Crippen LogP contribution in [0.5, 0.6) is 17.4 Å². The van der Waals surface area contributed by atoms with Gasteiger partial charge in [-0.3, -0.25) is 0 Å². The molecule has 1 saturated carbocycles. The number of anilines is 1. The number of nitrogens with zero attached hydrogens (tertiary/aromatic N) is 1. The number of hydrogen-bond donors (Lipinski definition) is 2. The van der Waals surface area contributed by atoms with E-state index in [4.69, 9.17) is 25.8 Å². The van der Waals surface area contributed by atoms with E-state index in [-0.39, 0.29) is 18.2 Å². The summed E-state index contributed by atoms with van der Waals surface area (Å²) in [4.78, 5) is 16.5. The van der Waals surface area contributed by atoms with Gasteiger partial charge in [0.15, 0.2) is 0 Å². The number of urea groups is 1. The van der Waals surface area contributed by atoms with E-state index in [1.54, 1.807) is 50.7 Å². The van der Waals surface area contributed by atoms with Gasteiger partial charge in [0.05, 0.1) is 24.9 Å². The maximum atomic E-state index is 12.3. The molecule has 0 unspecified atom stereocenters. The van der Waals surface area contributed by atoms with E-state index in [0.717, 1.165) is 25.7 Å². The Bertz CT molecular complexity index is 793. The number of hydrogen-bond acceptors (Lipinski definition) is 5. The molecule has 7 nitrogen and oxygen atoms in total. The van der Waals surface area contributed by atoms with Crippen molar-refractivity contribution < 1.29 is 19.0 Å². The summed E-state index contributed by atoms with van der Waals surface area (Å²) in [6.45, 7) is 0. The fraction of sp³-hybridized carbons (Fsp3) is 0.400. The van der Waals surface area contributed by atoms with E-state index in [1.807, 2.05) is 0 Å². The summed E-state index contributed by atoms with van der Waals surface area (Å²) >= 11 is 5.84. The number of ether oxygens (including phenoxy) is 3. The summed E-state index contributed by atoms with van der Waals surface area (Å²) in [5, 5.41) is 6.43. The zero-order chi connectivity index (χ0) is 19.9. The molecule has 1 aliphatic carbocycles. The van der Waals surface area contributed by atoms with E-state index < -0.39 is 0 Å². The lowest BCUT2D eigenvalue weighted by Gasteiger charge is -2.29. The van der Waals surface area contributed by atoms with Gasteiger partial charge in [-0.15, -0.1) is 0 Å². The van der Waals surface area contributed by atoms with Crippen LogP contribution in [0.2, 0.25) is 5.02 Å². The highest BCUT2D eigenvalue weighted by atomic mass is 35.5. The van der Waals surface area contributed by atoms with Gasteiger partial charge in [-0.2, -0.15) is 0 Å². The largest absolute Gasteiger partial charge is 0.497 e. The summed E-state index contributed by atoms with van der Waals surface area (Å²) < 4.78 is 16.4. The Balaban J connectivity index is 1.46. The second-order valence-electron chi connectivity index (χ2n) is 6.57.